The molecule has 24 heavy (non-hydrogen) atoms. The van der Waals surface area contributed by atoms with E-state index in [0.29, 0.717) is 13.1 Å². The summed E-state index contributed by atoms with van der Waals surface area (Å²) in [5.41, 5.74) is 3.34. The van der Waals surface area contributed by atoms with Crippen LogP contribution >= 0.6 is 11.3 Å². The van der Waals surface area contributed by atoms with E-state index in [1.54, 1.807) is 11.3 Å². The van der Waals surface area contributed by atoms with Gasteiger partial charge in [-0.15, -0.1) is 11.3 Å². The highest BCUT2D eigenvalue weighted by Gasteiger charge is 2.21. The number of thiophene rings is 1. The van der Waals surface area contributed by atoms with Gasteiger partial charge in [-0.25, -0.2) is 4.79 Å². The van der Waals surface area contributed by atoms with Crippen molar-refractivity contribution < 1.29 is 9.32 Å². The second-order valence-corrected chi connectivity index (χ2v) is 7.18. The Hall–Kier alpha value is -2.08. The van der Waals surface area contributed by atoms with E-state index in [2.05, 4.69) is 41.0 Å². The van der Waals surface area contributed by atoms with Crippen molar-refractivity contribution in [2.45, 2.75) is 33.1 Å². The van der Waals surface area contributed by atoms with Crippen LogP contribution in [-0.2, 0) is 0 Å². The third-order valence-electron chi connectivity index (χ3n) is 4.47. The van der Waals surface area contributed by atoms with E-state index in [-0.39, 0.29) is 11.9 Å². The molecule has 0 bridgehead atoms. The molecule has 6 heteroatoms. The maximum atomic E-state index is 12.4. The Balaban J connectivity index is 1.53. The number of urea groups is 1. The number of aryl methyl sites for hydroxylation is 2. The topological polar surface area (TPSA) is 58.4 Å². The lowest BCUT2D eigenvalue weighted by atomic mass is 10.00. The van der Waals surface area contributed by atoms with Gasteiger partial charge in [0.15, 0.2) is 0 Å². The molecule has 2 amide bonds. The van der Waals surface area contributed by atoms with Gasteiger partial charge in [0.1, 0.15) is 5.76 Å². The lowest BCUT2D eigenvalue weighted by Gasteiger charge is -2.27. The van der Waals surface area contributed by atoms with Crippen molar-refractivity contribution in [3.05, 3.63) is 45.5 Å². The van der Waals surface area contributed by atoms with Crippen LogP contribution in [-0.4, -0.2) is 35.7 Å². The van der Waals surface area contributed by atoms with E-state index < -0.39 is 0 Å². The van der Waals surface area contributed by atoms with Crippen molar-refractivity contribution >= 4 is 22.9 Å². The predicted octanol–water partition coefficient (Wildman–Crippen LogP) is 3.96. The zero-order chi connectivity index (χ0) is 17.1. The van der Waals surface area contributed by atoms with Crippen molar-refractivity contribution in [2.75, 3.05) is 19.6 Å². The van der Waals surface area contributed by atoms with Crippen molar-refractivity contribution in [1.29, 1.82) is 0 Å². The summed E-state index contributed by atoms with van der Waals surface area (Å²) in [4.78, 5) is 15.6. The molecule has 1 N–H and O–H groups in total. The third kappa shape index (κ3) is 3.53. The fourth-order valence-corrected chi connectivity index (χ4v) is 3.98. The number of aromatic nitrogens is 1. The van der Waals surface area contributed by atoms with Crippen LogP contribution in [0.2, 0.25) is 0 Å². The van der Waals surface area contributed by atoms with Gasteiger partial charge in [-0.1, -0.05) is 24.2 Å². The van der Waals surface area contributed by atoms with Gasteiger partial charge in [0.25, 0.3) is 0 Å². The predicted molar refractivity (Wildman–Crippen MR) is 96.3 cm³/mol. The van der Waals surface area contributed by atoms with Gasteiger partial charge in [-0.2, -0.15) is 0 Å². The number of hydrogen-bond donors (Lipinski definition) is 1. The Morgan fingerprint density at radius 2 is 2.33 bits per heavy atom. The molecular formula is C18H23N3O2S. The normalized spacial score (nSPS) is 16.0. The first kappa shape index (κ1) is 16.8. The number of carbonyl (C=O) groups excluding carboxylic acids is 1. The minimum absolute atomic E-state index is 0.00455. The van der Waals surface area contributed by atoms with E-state index >= 15 is 0 Å². The molecule has 3 heterocycles. The Kier molecular flexibility index (Phi) is 5.04. The monoisotopic (exact) mass is 345 g/mol. The van der Waals surface area contributed by atoms with E-state index in [0.717, 1.165) is 30.0 Å². The SMILES string of the molecule is Cc1noc(C)c1[C@H](C)CNC(=O)N1CC=C(c2cccs2)CC1. The molecule has 1 aliphatic rings. The van der Waals surface area contributed by atoms with Crippen LogP contribution in [0.5, 0.6) is 0 Å². The van der Waals surface area contributed by atoms with Crippen LogP contribution in [0.3, 0.4) is 0 Å². The van der Waals surface area contributed by atoms with E-state index in [4.69, 9.17) is 4.52 Å². The van der Waals surface area contributed by atoms with Crippen LogP contribution < -0.4 is 5.32 Å². The smallest absolute Gasteiger partial charge is 0.317 e. The molecule has 3 rings (SSSR count). The van der Waals surface area contributed by atoms with Gasteiger partial charge in [0.2, 0.25) is 0 Å². The molecule has 0 aliphatic carbocycles. The zero-order valence-corrected chi connectivity index (χ0v) is 15.2. The van der Waals surface area contributed by atoms with Crippen LogP contribution in [0.1, 0.15) is 41.2 Å². The maximum absolute atomic E-state index is 12.4. The molecule has 0 fully saturated rings. The summed E-state index contributed by atoms with van der Waals surface area (Å²) in [5, 5.41) is 9.11. The molecule has 0 saturated heterocycles. The van der Waals surface area contributed by atoms with Crippen molar-refractivity contribution in [3.8, 4) is 0 Å². The van der Waals surface area contributed by atoms with Crippen LogP contribution in [0.4, 0.5) is 4.79 Å². The molecular weight excluding hydrogens is 322 g/mol. The van der Waals surface area contributed by atoms with Gasteiger partial charge in [-0.05, 0) is 37.3 Å². The minimum atomic E-state index is -0.00455. The molecule has 1 aliphatic heterocycles. The van der Waals surface area contributed by atoms with Crippen LogP contribution in [0.25, 0.3) is 5.57 Å². The van der Waals surface area contributed by atoms with E-state index in [9.17, 15) is 4.79 Å². The second kappa shape index (κ2) is 7.21. The lowest BCUT2D eigenvalue weighted by molar-refractivity contribution is 0.202. The summed E-state index contributed by atoms with van der Waals surface area (Å²) in [7, 11) is 0. The number of nitrogens with one attached hydrogen (secondary N) is 1. The summed E-state index contributed by atoms with van der Waals surface area (Å²) in [6, 6.07) is 4.20. The molecule has 128 valence electrons. The number of carbonyl (C=O) groups is 1. The van der Waals surface area contributed by atoms with Crippen molar-refractivity contribution in [3.63, 3.8) is 0 Å². The Bertz CT molecular complexity index is 714. The van der Waals surface area contributed by atoms with Crippen molar-refractivity contribution in [2.24, 2.45) is 0 Å². The molecule has 0 unspecified atom stereocenters. The quantitative estimate of drug-likeness (QED) is 0.912. The largest absolute Gasteiger partial charge is 0.361 e. The number of rotatable bonds is 4. The Morgan fingerprint density at radius 3 is 2.92 bits per heavy atom. The summed E-state index contributed by atoms with van der Waals surface area (Å²) in [6.07, 6.45) is 3.07. The molecule has 2 aromatic rings. The highest BCUT2D eigenvalue weighted by atomic mass is 32.1. The fourth-order valence-electron chi connectivity index (χ4n) is 3.19. The first-order chi connectivity index (χ1) is 11.6. The van der Waals surface area contributed by atoms with Crippen molar-refractivity contribution in [1.82, 2.24) is 15.4 Å². The summed E-state index contributed by atoms with van der Waals surface area (Å²) in [6.45, 7) is 7.94. The molecule has 0 saturated carbocycles. The molecule has 1 atom stereocenters. The Morgan fingerprint density at radius 1 is 1.50 bits per heavy atom. The second-order valence-electron chi connectivity index (χ2n) is 6.23. The average Bonchev–Trinajstić information content (AvgIpc) is 3.23. The zero-order valence-electron chi connectivity index (χ0n) is 14.3. The molecule has 2 aromatic heterocycles. The lowest BCUT2D eigenvalue weighted by Crippen LogP contribution is -2.43. The first-order valence-corrected chi connectivity index (χ1v) is 9.12. The van der Waals surface area contributed by atoms with Gasteiger partial charge in [0, 0.05) is 36.0 Å². The molecule has 0 spiro atoms. The van der Waals surface area contributed by atoms with Crippen LogP contribution in [0.15, 0.2) is 28.1 Å². The number of amides is 2. The minimum Gasteiger partial charge on any atom is -0.361 e. The number of hydrogen-bond acceptors (Lipinski definition) is 4. The standard InChI is InChI=1S/C18H23N3O2S/c1-12(17-13(2)20-23-14(17)3)11-19-18(22)21-8-6-15(7-9-21)16-5-4-10-24-16/h4-6,10,12H,7-9,11H2,1-3H3,(H,19,22)/t12-/m1/s1. The summed E-state index contributed by atoms with van der Waals surface area (Å²) in [5.74, 6) is 1.01. The average molecular weight is 345 g/mol. The summed E-state index contributed by atoms with van der Waals surface area (Å²) >= 11 is 1.75. The number of nitrogens with zero attached hydrogens (tertiary/aromatic N) is 2. The maximum Gasteiger partial charge on any atom is 0.317 e. The summed E-state index contributed by atoms with van der Waals surface area (Å²) < 4.78 is 5.21. The van der Waals surface area contributed by atoms with Gasteiger partial charge in [0.05, 0.1) is 5.69 Å². The highest BCUT2D eigenvalue weighted by molar-refractivity contribution is 7.11. The molecule has 0 aromatic carbocycles. The molecule has 5 nitrogen and oxygen atoms in total. The van der Waals surface area contributed by atoms with Gasteiger partial charge in [-0.3, -0.25) is 0 Å². The highest BCUT2D eigenvalue weighted by Crippen LogP contribution is 2.26. The fraction of sp³-hybridized carbons (Fsp3) is 0.444. The van der Waals surface area contributed by atoms with E-state index in [1.165, 1.54) is 10.5 Å². The van der Waals surface area contributed by atoms with Crippen LogP contribution in [0, 0.1) is 13.8 Å². The molecule has 0 radical (unpaired) electrons. The van der Waals surface area contributed by atoms with Gasteiger partial charge >= 0.3 is 6.03 Å². The van der Waals surface area contributed by atoms with Gasteiger partial charge < -0.3 is 14.7 Å². The third-order valence-corrected chi connectivity index (χ3v) is 5.42. The Labute approximate surface area is 146 Å². The van der Waals surface area contributed by atoms with E-state index in [1.807, 2.05) is 18.7 Å². The first-order valence-electron chi connectivity index (χ1n) is 8.24.